The van der Waals surface area contributed by atoms with E-state index < -0.39 is 11.9 Å². The number of carbonyl (C=O) groups excluding carboxylic acids is 1. The first kappa shape index (κ1) is 12.9. The summed E-state index contributed by atoms with van der Waals surface area (Å²) in [5.74, 6) is -1.52. The van der Waals surface area contributed by atoms with Crippen LogP contribution < -0.4 is 5.32 Å². The summed E-state index contributed by atoms with van der Waals surface area (Å²) in [6.45, 7) is 1.63. The Morgan fingerprint density at radius 3 is 2.76 bits per heavy atom. The minimum Gasteiger partial charge on any atom is -0.478 e. The van der Waals surface area contributed by atoms with Gasteiger partial charge in [-0.25, -0.2) is 4.79 Å². The van der Waals surface area contributed by atoms with Crippen LogP contribution in [0.1, 0.15) is 26.4 Å². The lowest BCUT2D eigenvalue weighted by atomic mass is 10.1. The maximum Gasteiger partial charge on any atom is 0.339 e. The molecule has 2 aromatic heterocycles. The van der Waals surface area contributed by atoms with Gasteiger partial charge in [0.1, 0.15) is 16.6 Å². The molecule has 0 bridgehead atoms. The van der Waals surface area contributed by atoms with Crippen LogP contribution in [0.2, 0.25) is 0 Å². The number of amides is 1. The van der Waals surface area contributed by atoms with Crippen molar-refractivity contribution in [3.8, 4) is 0 Å². The molecule has 0 fully saturated rings. The van der Waals surface area contributed by atoms with Crippen LogP contribution in [0.5, 0.6) is 0 Å². The quantitative estimate of drug-likeness (QED) is 0.581. The molecule has 0 radical (unpaired) electrons. The highest BCUT2D eigenvalue weighted by molar-refractivity contribution is 6.09. The number of aromatic nitrogens is 4. The molecule has 0 spiro atoms. The second-order valence-corrected chi connectivity index (χ2v) is 4.49. The average molecular weight is 285 g/mol. The molecule has 1 aromatic carbocycles. The fourth-order valence-corrected chi connectivity index (χ4v) is 2.08. The molecule has 0 saturated heterocycles. The topological polar surface area (TPSA) is 124 Å². The predicted octanol–water partition coefficient (Wildman–Crippen LogP) is 1.54. The molecule has 3 aromatic rings. The average Bonchev–Trinajstić information content (AvgIpc) is 3.04. The van der Waals surface area contributed by atoms with Gasteiger partial charge in [0.2, 0.25) is 0 Å². The van der Waals surface area contributed by atoms with Crippen molar-refractivity contribution in [2.24, 2.45) is 0 Å². The van der Waals surface area contributed by atoms with E-state index in [2.05, 4.69) is 25.7 Å². The first-order valence-electron chi connectivity index (χ1n) is 6.09. The van der Waals surface area contributed by atoms with Crippen LogP contribution in [0.4, 0.5) is 5.69 Å². The standard InChI is InChI=1S/C13H11N5O3/c1-6-11(13(20)21)10(5-14-6)15-12(19)7-2-3-8-9(4-7)17-18-16-8/h2-5,14H,1H3,(H,15,19)(H,20,21)(H,16,17,18). The third-order valence-electron chi connectivity index (χ3n) is 3.12. The van der Waals surface area contributed by atoms with Crippen LogP contribution in [0.3, 0.4) is 0 Å². The number of aromatic amines is 2. The smallest absolute Gasteiger partial charge is 0.339 e. The maximum absolute atomic E-state index is 12.2. The van der Waals surface area contributed by atoms with Crippen LogP contribution in [-0.4, -0.2) is 37.4 Å². The van der Waals surface area contributed by atoms with E-state index in [1.165, 1.54) is 6.20 Å². The summed E-state index contributed by atoms with van der Waals surface area (Å²) in [6, 6.07) is 4.84. The second-order valence-electron chi connectivity index (χ2n) is 4.49. The molecule has 2 heterocycles. The first-order valence-corrected chi connectivity index (χ1v) is 6.09. The molecule has 8 heteroatoms. The monoisotopic (exact) mass is 285 g/mol. The highest BCUT2D eigenvalue weighted by atomic mass is 16.4. The molecule has 3 rings (SSSR count). The second kappa shape index (κ2) is 4.75. The van der Waals surface area contributed by atoms with Gasteiger partial charge in [-0.05, 0) is 25.1 Å². The van der Waals surface area contributed by atoms with Crippen molar-refractivity contribution in [1.82, 2.24) is 20.4 Å². The van der Waals surface area contributed by atoms with Gasteiger partial charge in [0.15, 0.2) is 0 Å². The molecule has 0 aliphatic carbocycles. The van der Waals surface area contributed by atoms with E-state index in [1.54, 1.807) is 25.1 Å². The largest absolute Gasteiger partial charge is 0.478 e. The van der Waals surface area contributed by atoms with Gasteiger partial charge in [-0.2, -0.15) is 15.4 Å². The number of aromatic carboxylic acids is 1. The Bertz CT molecular complexity index is 848. The number of benzene rings is 1. The van der Waals surface area contributed by atoms with Gasteiger partial charge in [0.25, 0.3) is 5.91 Å². The number of carbonyl (C=O) groups is 2. The Kier molecular flexibility index (Phi) is 2.90. The summed E-state index contributed by atoms with van der Waals surface area (Å²) in [5, 5.41) is 22.0. The predicted molar refractivity (Wildman–Crippen MR) is 74.3 cm³/mol. The molecule has 0 aliphatic rings. The fraction of sp³-hybridized carbons (Fsp3) is 0.0769. The van der Waals surface area contributed by atoms with Gasteiger partial charge in [0.05, 0.1) is 5.69 Å². The van der Waals surface area contributed by atoms with Crippen LogP contribution in [0.15, 0.2) is 24.4 Å². The number of rotatable bonds is 3. The van der Waals surface area contributed by atoms with E-state index in [-0.39, 0.29) is 11.3 Å². The summed E-state index contributed by atoms with van der Waals surface area (Å²) in [7, 11) is 0. The molecule has 106 valence electrons. The lowest BCUT2D eigenvalue weighted by Gasteiger charge is -2.04. The van der Waals surface area contributed by atoms with E-state index in [1.807, 2.05) is 0 Å². The van der Waals surface area contributed by atoms with Gasteiger partial charge in [-0.3, -0.25) is 4.79 Å². The Balaban J connectivity index is 1.91. The number of H-pyrrole nitrogens is 2. The summed E-state index contributed by atoms with van der Waals surface area (Å²) >= 11 is 0. The van der Waals surface area contributed by atoms with Crippen LogP contribution in [0, 0.1) is 6.92 Å². The zero-order valence-electron chi connectivity index (χ0n) is 11.0. The number of hydrogen-bond acceptors (Lipinski definition) is 4. The highest BCUT2D eigenvalue weighted by Crippen LogP contribution is 2.20. The van der Waals surface area contributed by atoms with Crippen LogP contribution in [0.25, 0.3) is 11.0 Å². The highest BCUT2D eigenvalue weighted by Gasteiger charge is 2.18. The van der Waals surface area contributed by atoms with Gasteiger partial charge in [-0.1, -0.05) is 0 Å². The fourth-order valence-electron chi connectivity index (χ4n) is 2.08. The summed E-state index contributed by atoms with van der Waals surface area (Å²) in [6.07, 6.45) is 1.45. The van der Waals surface area contributed by atoms with E-state index in [4.69, 9.17) is 5.11 Å². The number of fused-ring (bicyclic) bond motifs is 1. The van der Waals surface area contributed by atoms with Gasteiger partial charge in [-0.15, -0.1) is 0 Å². The molecular formula is C13H11N5O3. The normalized spacial score (nSPS) is 10.7. The molecule has 8 nitrogen and oxygen atoms in total. The van der Waals surface area contributed by atoms with Crippen LogP contribution >= 0.6 is 0 Å². The summed E-state index contributed by atoms with van der Waals surface area (Å²) < 4.78 is 0. The minimum absolute atomic E-state index is 0.0471. The molecule has 21 heavy (non-hydrogen) atoms. The van der Waals surface area contributed by atoms with Gasteiger partial charge < -0.3 is 15.4 Å². The van der Waals surface area contributed by atoms with Gasteiger partial charge in [0, 0.05) is 17.5 Å². The Morgan fingerprint density at radius 2 is 2.00 bits per heavy atom. The zero-order chi connectivity index (χ0) is 15.0. The van der Waals surface area contributed by atoms with Gasteiger partial charge >= 0.3 is 5.97 Å². The van der Waals surface area contributed by atoms with Crippen molar-refractivity contribution >= 4 is 28.6 Å². The summed E-state index contributed by atoms with van der Waals surface area (Å²) in [4.78, 5) is 26.1. The van der Waals surface area contributed by atoms with Crippen molar-refractivity contribution in [1.29, 1.82) is 0 Å². The maximum atomic E-state index is 12.2. The number of carboxylic acids is 1. The van der Waals surface area contributed by atoms with Crippen molar-refractivity contribution in [3.63, 3.8) is 0 Å². The summed E-state index contributed by atoms with van der Waals surface area (Å²) in [5.41, 5.74) is 2.33. The van der Waals surface area contributed by atoms with E-state index >= 15 is 0 Å². The van der Waals surface area contributed by atoms with Crippen molar-refractivity contribution in [3.05, 3.63) is 41.2 Å². The third kappa shape index (κ3) is 2.22. The SMILES string of the molecule is Cc1[nH]cc(NC(=O)c2ccc3n[nH]nc3c2)c1C(=O)O. The molecule has 4 N–H and O–H groups in total. The van der Waals surface area contributed by atoms with Crippen molar-refractivity contribution in [2.75, 3.05) is 5.32 Å². The number of nitrogens with zero attached hydrogens (tertiary/aromatic N) is 2. The zero-order valence-corrected chi connectivity index (χ0v) is 11.0. The van der Waals surface area contributed by atoms with Crippen LogP contribution in [-0.2, 0) is 0 Å². The number of aryl methyl sites for hydroxylation is 1. The molecular weight excluding hydrogens is 274 g/mol. The Labute approximate surface area is 118 Å². The molecule has 1 amide bonds. The number of carboxylic acid groups (broad SMARTS) is 1. The lowest BCUT2D eigenvalue weighted by molar-refractivity contribution is 0.0697. The molecule has 0 aliphatic heterocycles. The molecule has 0 unspecified atom stereocenters. The lowest BCUT2D eigenvalue weighted by Crippen LogP contribution is -2.14. The third-order valence-corrected chi connectivity index (χ3v) is 3.12. The molecule has 0 saturated carbocycles. The van der Waals surface area contributed by atoms with Crippen molar-refractivity contribution in [2.45, 2.75) is 6.92 Å². The molecule has 0 atom stereocenters. The van der Waals surface area contributed by atoms with E-state index in [0.29, 0.717) is 22.3 Å². The first-order chi connectivity index (χ1) is 10.1. The Hall–Kier alpha value is -3.16. The number of hydrogen-bond donors (Lipinski definition) is 4. The number of nitrogens with one attached hydrogen (secondary N) is 3. The number of anilines is 1. The van der Waals surface area contributed by atoms with Crippen molar-refractivity contribution < 1.29 is 14.7 Å². The minimum atomic E-state index is -1.10. The Morgan fingerprint density at radius 1 is 1.24 bits per heavy atom. The van der Waals surface area contributed by atoms with E-state index in [0.717, 1.165) is 0 Å². The van der Waals surface area contributed by atoms with E-state index in [9.17, 15) is 9.59 Å².